The van der Waals surface area contributed by atoms with Crippen molar-refractivity contribution in [2.24, 2.45) is 0 Å². The molecular weight excluding hydrogens is 698 g/mol. The fourth-order valence-electron chi connectivity index (χ4n) is 2.32. The van der Waals surface area contributed by atoms with Gasteiger partial charge in [-0.3, -0.25) is 0 Å². The Balaban J connectivity index is 0.000000530. The van der Waals surface area contributed by atoms with Crippen LogP contribution in [0.15, 0.2) is 121 Å². The Bertz CT molecular complexity index is 876. The topological polar surface area (TPSA) is 17.1 Å². The quantitative estimate of drug-likeness (QED) is 0.140. The van der Waals surface area contributed by atoms with E-state index in [-0.39, 0.29) is 48.2 Å². The second kappa shape index (κ2) is 17.4. The summed E-state index contributed by atoms with van der Waals surface area (Å²) in [5, 5.41) is 1.40. The van der Waals surface area contributed by atoms with Crippen LogP contribution in [0.5, 0.6) is 0 Å². The van der Waals surface area contributed by atoms with Crippen molar-refractivity contribution in [2.75, 3.05) is 0 Å². The average Bonchev–Trinajstić information content (AvgIpc) is 2.82. The molecule has 0 N–H and O–H groups in total. The Morgan fingerprint density at radius 3 is 1.13 bits per heavy atom. The van der Waals surface area contributed by atoms with E-state index >= 15 is 0 Å². The maximum absolute atomic E-state index is 13.1. The predicted molar refractivity (Wildman–Crippen MR) is 136 cm³/mol. The van der Waals surface area contributed by atoms with Gasteiger partial charge in [0.2, 0.25) is 0 Å². The molecule has 1 nitrogen and oxygen atoms in total. The number of halogens is 1. The van der Waals surface area contributed by atoms with E-state index in [4.69, 9.17) is 24.8 Å². The van der Waals surface area contributed by atoms with Crippen LogP contribution < -0.4 is 27.6 Å². The fraction of sp³-hybridized carbons (Fsp3) is 0. The first-order valence-corrected chi connectivity index (χ1v) is 11.4. The smallest absolute Gasteiger partial charge is 1.00 e. The zero-order valence-electron chi connectivity index (χ0n) is 16.6. The first-order valence-electron chi connectivity index (χ1n) is 8.90. The second-order valence-corrected chi connectivity index (χ2v) is 10.1. The summed E-state index contributed by atoms with van der Waals surface area (Å²) in [6, 6.07) is 43.4. The minimum atomic E-state index is -2.95. The normalized spacial score (nSPS) is 9.16. The van der Waals surface area contributed by atoms with Crippen LogP contribution in [-0.2, 0) is 17.2 Å². The molecule has 6 heteroatoms. The standard InChI is InChI=1S/C13H11OPS2.2C6H5.BrH.Pb/c14-15(13(16)17,11-7-3-1-4-8-11)12-9-5-2-6-10-12;2*1-2-4-6-5-3-1;;/h1-10H,(H,16,17);2*1-5H;1H;/q;;;;+2/p-2. The molecule has 0 atom stereocenters. The van der Waals surface area contributed by atoms with Crippen LogP contribution in [-0.4, -0.2) is 31.2 Å². The molecule has 0 amide bonds. The minimum Gasteiger partial charge on any atom is -1.00 e. The molecule has 0 aliphatic rings. The number of rotatable bonds is 3. The number of benzene rings is 4. The van der Waals surface area contributed by atoms with Gasteiger partial charge in [0, 0.05) is 10.6 Å². The Labute approximate surface area is 227 Å². The predicted octanol–water partition coefficient (Wildman–Crippen LogP) is 2.43. The Hall–Kier alpha value is -1.18. The Morgan fingerprint density at radius 1 is 0.645 bits per heavy atom. The van der Waals surface area contributed by atoms with Crippen molar-refractivity contribution in [2.45, 2.75) is 0 Å². The van der Waals surface area contributed by atoms with Crippen molar-refractivity contribution in [1.29, 1.82) is 0 Å². The van der Waals surface area contributed by atoms with Gasteiger partial charge < -0.3 is 46.4 Å². The first kappa shape index (κ1) is 29.8. The zero-order valence-corrected chi connectivity index (χ0v) is 24.6. The minimum absolute atomic E-state index is 0. The summed E-state index contributed by atoms with van der Waals surface area (Å²) in [4.78, 5) is 0. The van der Waals surface area contributed by atoms with Crippen molar-refractivity contribution in [3.05, 3.63) is 133 Å². The van der Waals surface area contributed by atoms with Gasteiger partial charge in [-0.05, 0) is 12.1 Å². The van der Waals surface area contributed by atoms with E-state index in [0.29, 0.717) is 10.6 Å². The van der Waals surface area contributed by atoms with Gasteiger partial charge >= 0.3 is 27.3 Å². The summed E-state index contributed by atoms with van der Waals surface area (Å²) in [5.74, 6) is 0. The Kier molecular flexibility index (Phi) is 16.7. The van der Waals surface area contributed by atoms with E-state index in [2.05, 4.69) is 12.1 Å². The van der Waals surface area contributed by atoms with Crippen LogP contribution >= 0.6 is 19.4 Å². The largest absolute Gasteiger partial charge is 2.00 e. The summed E-state index contributed by atoms with van der Waals surface area (Å²) >= 11 is 10.1. The van der Waals surface area contributed by atoms with Gasteiger partial charge in [-0.2, -0.15) is 0 Å². The van der Waals surface area contributed by atoms with Crippen molar-refractivity contribution in [3.63, 3.8) is 0 Å². The third-order valence-electron chi connectivity index (χ3n) is 3.71. The molecule has 0 fully saturated rings. The van der Waals surface area contributed by atoms with Crippen LogP contribution in [0.4, 0.5) is 0 Å². The molecule has 4 aromatic carbocycles. The summed E-state index contributed by atoms with van der Waals surface area (Å²) in [6.07, 6.45) is 0. The molecule has 0 saturated carbocycles. The molecule has 4 radical (unpaired) electrons. The van der Waals surface area contributed by atoms with Crippen LogP contribution in [0.1, 0.15) is 0 Å². The molecular formula is C25H20BrOPPbS2. The van der Waals surface area contributed by atoms with Crippen molar-refractivity contribution in [3.8, 4) is 0 Å². The van der Waals surface area contributed by atoms with Crippen LogP contribution in [0.2, 0.25) is 0 Å². The van der Waals surface area contributed by atoms with Crippen molar-refractivity contribution in [1.82, 2.24) is 0 Å². The summed E-state index contributed by atoms with van der Waals surface area (Å²) in [6.45, 7) is 0. The SMILES string of the molecule is O=P(C(=S)[S-])(c1ccccc1)c1ccccc1.[Br-].[Pb+2].[c]1ccccc1.[c]1ccccc1. The van der Waals surface area contributed by atoms with Gasteiger partial charge in [-0.15, -0.1) is 0 Å². The van der Waals surface area contributed by atoms with Gasteiger partial charge in [0.25, 0.3) is 0 Å². The number of hydrogen-bond donors (Lipinski definition) is 0. The van der Waals surface area contributed by atoms with Gasteiger partial charge in [-0.1, -0.05) is 125 Å². The second-order valence-electron chi connectivity index (χ2n) is 5.70. The van der Waals surface area contributed by atoms with Crippen molar-refractivity contribution < 1.29 is 21.5 Å². The molecule has 4 rings (SSSR count). The summed E-state index contributed by atoms with van der Waals surface area (Å²) < 4.78 is 13.2. The molecule has 4 aromatic rings. The van der Waals surface area contributed by atoms with E-state index in [1.165, 1.54) is 0 Å². The van der Waals surface area contributed by atoms with Crippen LogP contribution in [0.3, 0.4) is 0 Å². The third-order valence-corrected chi connectivity index (χ3v) is 7.82. The maximum atomic E-state index is 13.1. The molecule has 0 saturated heterocycles. The van der Waals surface area contributed by atoms with Crippen LogP contribution in [0.25, 0.3) is 0 Å². The molecule has 0 heterocycles. The molecule has 154 valence electrons. The van der Waals surface area contributed by atoms with Gasteiger partial charge in [0.1, 0.15) is 0 Å². The van der Waals surface area contributed by atoms with E-state index in [0.717, 1.165) is 0 Å². The molecule has 0 aliphatic heterocycles. The van der Waals surface area contributed by atoms with Crippen molar-refractivity contribution >= 4 is 73.8 Å². The van der Waals surface area contributed by atoms with E-state index < -0.39 is 7.14 Å². The number of hydrogen-bond acceptors (Lipinski definition) is 3. The maximum Gasteiger partial charge on any atom is 2.00 e. The van der Waals surface area contributed by atoms with Gasteiger partial charge in [-0.25, -0.2) is 0 Å². The summed E-state index contributed by atoms with van der Waals surface area (Å²) in [7, 11) is -2.95. The summed E-state index contributed by atoms with van der Waals surface area (Å²) in [5.41, 5.74) is 0. The zero-order chi connectivity index (χ0) is 20.8. The molecule has 0 unspecified atom stereocenters. The van der Waals surface area contributed by atoms with Crippen LogP contribution in [0, 0.1) is 12.1 Å². The first-order chi connectivity index (χ1) is 14.2. The molecule has 0 bridgehead atoms. The fourth-order valence-corrected chi connectivity index (χ4v) is 5.49. The van der Waals surface area contributed by atoms with Gasteiger partial charge in [0.15, 0.2) is 7.14 Å². The molecule has 0 aliphatic carbocycles. The van der Waals surface area contributed by atoms with Gasteiger partial charge in [0.05, 0.1) is 0 Å². The molecule has 0 spiro atoms. The molecule has 0 aromatic heterocycles. The van der Waals surface area contributed by atoms with E-state index in [9.17, 15) is 4.57 Å². The van der Waals surface area contributed by atoms with E-state index in [1.54, 1.807) is 0 Å². The average molecular weight is 719 g/mol. The number of thiocarbonyl (C=S) groups is 1. The van der Waals surface area contributed by atoms with E-state index in [1.807, 2.05) is 121 Å². The third kappa shape index (κ3) is 10.3. The Morgan fingerprint density at radius 2 is 0.935 bits per heavy atom. The monoisotopic (exact) mass is 718 g/mol. The molecule has 31 heavy (non-hydrogen) atoms.